The molecule has 0 aliphatic carbocycles. The first-order valence-corrected chi connectivity index (χ1v) is 10.1. The van der Waals surface area contributed by atoms with Crippen molar-refractivity contribution in [3.63, 3.8) is 0 Å². The zero-order valence-electron chi connectivity index (χ0n) is 14.9. The third-order valence-corrected chi connectivity index (χ3v) is 6.01. The van der Waals surface area contributed by atoms with Gasteiger partial charge in [-0.1, -0.05) is 29.0 Å². The van der Waals surface area contributed by atoms with E-state index in [0.717, 1.165) is 28.3 Å². The quantitative estimate of drug-likeness (QED) is 0.472. The van der Waals surface area contributed by atoms with E-state index in [9.17, 15) is 14.9 Å². The van der Waals surface area contributed by atoms with Crippen molar-refractivity contribution >= 4 is 49.9 Å². The van der Waals surface area contributed by atoms with Crippen molar-refractivity contribution in [1.29, 1.82) is 0 Å². The van der Waals surface area contributed by atoms with Crippen LogP contribution in [0.2, 0.25) is 5.02 Å². The zero-order valence-corrected chi connectivity index (χ0v) is 16.4. The van der Waals surface area contributed by atoms with Gasteiger partial charge < -0.3 is 9.80 Å². The van der Waals surface area contributed by atoms with Crippen LogP contribution in [0.4, 0.5) is 10.8 Å². The second-order valence-electron chi connectivity index (χ2n) is 6.55. The van der Waals surface area contributed by atoms with Crippen molar-refractivity contribution in [1.82, 2.24) is 9.88 Å². The smallest absolute Gasteiger partial charge is 0.270 e. The van der Waals surface area contributed by atoms with Crippen molar-refractivity contribution in [2.24, 2.45) is 0 Å². The number of nitrogens with zero attached hydrogens (tertiary/aromatic N) is 4. The summed E-state index contributed by atoms with van der Waals surface area (Å²) in [5, 5.41) is 12.3. The monoisotopic (exact) mass is 416 g/mol. The van der Waals surface area contributed by atoms with E-state index < -0.39 is 4.92 Å². The molecule has 0 atom stereocenters. The van der Waals surface area contributed by atoms with E-state index in [1.54, 1.807) is 36.4 Å². The van der Waals surface area contributed by atoms with E-state index in [1.807, 2.05) is 4.90 Å². The van der Waals surface area contributed by atoms with Gasteiger partial charge in [0, 0.05) is 48.9 Å². The van der Waals surface area contributed by atoms with Crippen LogP contribution in [0, 0.1) is 10.1 Å². The van der Waals surface area contributed by atoms with E-state index in [1.165, 1.54) is 17.4 Å². The van der Waals surface area contributed by atoms with Crippen molar-refractivity contribution < 1.29 is 9.72 Å². The number of carbonyl (C=O) groups excluding carboxylic acids is 1. The Labute approximate surface area is 170 Å². The molecule has 9 heteroatoms. The molecule has 1 amide bonds. The minimum absolute atomic E-state index is 0.0238. The Balaban J connectivity index is 1.50. The summed E-state index contributed by atoms with van der Waals surface area (Å²) < 4.78 is 0.792. The molecule has 0 radical (unpaired) electrons. The average molecular weight is 417 g/mol. The fourth-order valence-corrected chi connectivity index (χ4v) is 4.51. The molecule has 1 aliphatic rings. The molecule has 4 rings (SSSR count). The molecule has 1 aliphatic heterocycles. The molecule has 7 nitrogen and oxygen atoms in total. The summed E-state index contributed by atoms with van der Waals surface area (Å²) in [4.78, 5) is 31.9. The van der Waals surface area contributed by atoms with Crippen molar-refractivity contribution in [2.45, 2.75) is 6.42 Å². The van der Waals surface area contributed by atoms with Crippen LogP contribution < -0.4 is 4.90 Å². The Morgan fingerprint density at radius 3 is 2.79 bits per heavy atom. The lowest BCUT2D eigenvalue weighted by Gasteiger charge is -2.21. The lowest BCUT2D eigenvalue weighted by atomic mass is 10.2. The molecule has 0 saturated carbocycles. The molecule has 2 aromatic carbocycles. The summed E-state index contributed by atoms with van der Waals surface area (Å²) in [5.41, 5.74) is 1.41. The SMILES string of the molecule is O=C(c1cccc(Cl)c1)N1CCCN(c2nc3ccc([N+](=O)[O-])cc3s2)CC1. The van der Waals surface area contributed by atoms with E-state index in [-0.39, 0.29) is 11.6 Å². The Bertz CT molecular complexity index is 1050. The minimum atomic E-state index is -0.399. The maximum absolute atomic E-state index is 12.8. The van der Waals surface area contributed by atoms with Gasteiger partial charge in [0.25, 0.3) is 11.6 Å². The Morgan fingerprint density at radius 2 is 2.00 bits per heavy atom. The van der Waals surface area contributed by atoms with Gasteiger partial charge in [-0.05, 0) is 30.7 Å². The fourth-order valence-electron chi connectivity index (χ4n) is 3.27. The van der Waals surface area contributed by atoms with E-state index >= 15 is 0 Å². The number of fused-ring (bicyclic) bond motifs is 1. The number of anilines is 1. The molecule has 144 valence electrons. The van der Waals surface area contributed by atoms with Crippen LogP contribution in [0.1, 0.15) is 16.8 Å². The van der Waals surface area contributed by atoms with Crippen molar-refractivity contribution in [3.8, 4) is 0 Å². The van der Waals surface area contributed by atoms with Gasteiger partial charge in [-0.2, -0.15) is 0 Å². The molecular weight excluding hydrogens is 400 g/mol. The number of nitro groups is 1. The van der Waals surface area contributed by atoms with Gasteiger partial charge in [0.05, 0.1) is 15.1 Å². The Morgan fingerprint density at radius 1 is 1.14 bits per heavy atom. The van der Waals surface area contributed by atoms with Crippen molar-refractivity contribution in [3.05, 3.63) is 63.2 Å². The summed E-state index contributed by atoms with van der Waals surface area (Å²) in [6.07, 6.45) is 0.822. The highest BCUT2D eigenvalue weighted by Gasteiger charge is 2.22. The maximum Gasteiger partial charge on any atom is 0.270 e. The maximum atomic E-state index is 12.8. The van der Waals surface area contributed by atoms with E-state index in [4.69, 9.17) is 11.6 Å². The molecule has 1 saturated heterocycles. The molecule has 1 aromatic heterocycles. The van der Waals surface area contributed by atoms with Gasteiger partial charge in [-0.25, -0.2) is 4.98 Å². The first-order chi connectivity index (χ1) is 13.5. The highest BCUT2D eigenvalue weighted by Crippen LogP contribution is 2.32. The van der Waals surface area contributed by atoms with Crippen LogP contribution in [0.3, 0.4) is 0 Å². The lowest BCUT2D eigenvalue weighted by Crippen LogP contribution is -2.35. The first kappa shape index (κ1) is 18.6. The summed E-state index contributed by atoms with van der Waals surface area (Å²) in [6.45, 7) is 2.69. The number of benzene rings is 2. The van der Waals surface area contributed by atoms with Gasteiger partial charge in [-0.3, -0.25) is 14.9 Å². The average Bonchev–Trinajstić information content (AvgIpc) is 2.95. The molecule has 0 N–H and O–H groups in total. The molecule has 2 heterocycles. The Hall–Kier alpha value is -2.71. The molecule has 3 aromatic rings. The van der Waals surface area contributed by atoms with Crippen LogP contribution in [0.15, 0.2) is 42.5 Å². The zero-order chi connectivity index (χ0) is 19.7. The molecule has 1 fully saturated rings. The second-order valence-corrected chi connectivity index (χ2v) is 7.99. The van der Waals surface area contributed by atoms with Crippen LogP contribution in [-0.2, 0) is 0 Å². The topological polar surface area (TPSA) is 79.6 Å². The van der Waals surface area contributed by atoms with Crippen LogP contribution in [0.25, 0.3) is 10.2 Å². The highest BCUT2D eigenvalue weighted by atomic mass is 35.5. The first-order valence-electron chi connectivity index (χ1n) is 8.86. The third kappa shape index (κ3) is 3.79. The van der Waals surface area contributed by atoms with Gasteiger partial charge in [-0.15, -0.1) is 0 Å². The van der Waals surface area contributed by atoms with Crippen molar-refractivity contribution in [2.75, 3.05) is 31.1 Å². The number of nitro benzene ring substituents is 1. The molecular formula is C19H17ClN4O3S. The standard InChI is InChI=1S/C19H17ClN4O3S/c20-14-4-1-3-13(11-14)18(25)22-7-2-8-23(10-9-22)19-21-16-6-5-15(24(26)27)12-17(16)28-19/h1,3-6,11-12H,2,7-10H2. The number of aromatic nitrogens is 1. The number of halogens is 1. The normalized spacial score (nSPS) is 14.9. The highest BCUT2D eigenvalue weighted by molar-refractivity contribution is 7.22. The van der Waals surface area contributed by atoms with E-state index in [0.29, 0.717) is 30.2 Å². The number of hydrogen-bond donors (Lipinski definition) is 0. The molecule has 0 spiro atoms. The summed E-state index contributed by atoms with van der Waals surface area (Å²) >= 11 is 7.45. The second kappa shape index (κ2) is 7.73. The molecule has 28 heavy (non-hydrogen) atoms. The fraction of sp³-hybridized carbons (Fsp3) is 0.263. The van der Waals surface area contributed by atoms with Crippen LogP contribution in [0.5, 0.6) is 0 Å². The molecule has 0 bridgehead atoms. The number of thiazole rings is 1. The van der Waals surface area contributed by atoms with Gasteiger partial charge >= 0.3 is 0 Å². The number of carbonyl (C=O) groups is 1. The van der Waals surface area contributed by atoms with Gasteiger partial charge in [0.15, 0.2) is 5.13 Å². The number of rotatable bonds is 3. The number of non-ortho nitro benzene ring substituents is 1. The minimum Gasteiger partial charge on any atom is -0.346 e. The predicted octanol–water partition coefficient (Wildman–Crippen LogP) is 4.21. The summed E-state index contributed by atoms with van der Waals surface area (Å²) in [6, 6.07) is 11.7. The third-order valence-electron chi connectivity index (χ3n) is 4.70. The predicted molar refractivity (Wildman–Crippen MR) is 110 cm³/mol. The lowest BCUT2D eigenvalue weighted by molar-refractivity contribution is -0.384. The summed E-state index contributed by atoms with van der Waals surface area (Å²) in [7, 11) is 0. The van der Waals surface area contributed by atoms with E-state index in [2.05, 4.69) is 9.88 Å². The Kier molecular flexibility index (Phi) is 5.15. The number of hydrogen-bond acceptors (Lipinski definition) is 6. The number of amides is 1. The summed E-state index contributed by atoms with van der Waals surface area (Å²) in [5.74, 6) is -0.0238. The van der Waals surface area contributed by atoms with Gasteiger partial charge in [0.1, 0.15) is 0 Å². The van der Waals surface area contributed by atoms with Gasteiger partial charge in [0.2, 0.25) is 0 Å². The van der Waals surface area contributed by atoms with Crippen LogP contribution in [-0.4, -0.2) is 46.9 Å². The van der Waals surface area contributed by atoms with Crippen LogP contribution >= 0.6 is 22.9 Å². The largest absolute Gasteiger partial charge is 0.346 e. The molecule has 0 unspecified atom stereocenters.